The van der Waals surface area contributed by atoms with E-state index in [9.17, 15) is 14.4 Å². The number of ether oxygens (including phenoxy) is 2. The van der Waals surface area contributed by atoms with Crippen LogP contribution < -0.4 is 10.2 Å². The minimum atomic E-state index is -0.692. The molecule has 154 valence electrons. The van der Waals surface area contributed by atoms with Crippen LogP contribution in [0.1, 0.15) is 5.56 Å². The number of hydrogen-bond donors (Lipinski definition) is 1. The highest BCUT2D eigenvalue weighted by atomic mass is 16.5. The van der Waals surface area contributed by atoms with Gasteiger partial charge in [0.05, 0.1) is 32.0 Å². The van der Waals surface area contributed by atoms with Gasteiger partial charge in [0.15, 0.2) is 0 Å². The molecule has 0 fully saturated rings. The van der Waals surface area contributed by atoms with Gasteiger partial charge in [0.25, 0.3) is 0 Å². The van der Waals surface area contributed by atoms with Crippen LogP contribution in [0.3, 0.4) is 0 Å². The number of amides is 1. The molecule has 0 unspecified atom stereocenters. The Bertz CT molecular complexity index is 900. The summed E-state index contributed by atoms with van der Waals surface area (Å²) >= 11 is 0. The molecule has 1 aromatic carbocycles. The van der Waals surface area contributed by atoms with Crippen molar-refractivity contribution in [3.63, 3.8) is 0 Å². The van der Waals surface area contributed by atoms with Gasteiger partial charge in [0.2, 0.25) is 5.91 Å². The fraction of sp³-hybridized carbons (Fsp3) is 0.286. The highest BCUT2D eigenvalue weighted by Crippen LogP contribution is 2.31. The number of benzene rings is 1. The lowest BCUT2D eigenvalue weighted by Gasteiger charge is -2.25. The lowest BCUT2D eigenvalue weighted by Crippen LogP contribution is -2.28. The molecule has 0 saturated heterocycles. The lowest BCUT2D eigenvalue weighted by molar-refractivity contribution is -0.139. The summed E-state index contributed by atoms with van der Waals surface area (Å²) in [5.74, 6) is -1.52. The Hall–Kier alpha value is -3.39. The number of aryl methyl sites for hydroxylation is 1. The average molecular weight is 399 g/mol. The Balaban J connectivity index is 2.55. The molecular formula is C21H25N3O5. The van der Waals surface area contributed by atoms with Gasteiger partial charge in [-0.2, -0.15) is 0 Å². The Morgan fingerprint density at radius 2 is 1.76 bits per heavy atom. The standard InChI is InChI=1S/C21H25N3O5/c1-14-9-10-15(22-18(25)13-23(2)3)12-17(14)24-11-7-6-8-16(20(26)28-4)19(24)21(27)29-5/h6-12H,13H2,1-5H3,(H,22,25). The van der Waals surface area contributed by atoms with Crippen LogP contribution in [0.2, 0.25) is 0 Å². The van der Waals surface area contributed by atoms with Gasteiger partial charge in [-0.1, -0.05) is 12.1 Å². The predicted octanol–water partition coefficient (Wildman–Crippen LogP) is 1.99. The quantitative estimate of drug-likeness (QED) is 0.732. The van der Waals surface area contributed by atoms with Crippen LogP contribution in [0.15, 0.2) is 53.9 Å². The summed E-state index contributed by atoms with van der Waals surface area (Å²) in [6, 6.07) is 5.32. The van der Waals surface area contributed by atoms with Crippen LogP contribution in [-0.2, 0) is 23.9 Å². The fourth-order valence-corrected chi connectivity index (χ4v) is 2.79. The molecule has 1 heterocycles. The number of hydrogen-bond acceptors (Lipinski definition) is 7. The summed E-state index contributed by atoms with van der Waals surface area (Å²) in [5, 5.41) is 2.83. The van der Waals surface area contributed by atoms with Crippen LogP contribution in [0.4, 0.5) is 11.4 Å². The number of allylic oxidation sites excluding steroid dienone is 2. The molecule has 8 heteroatoms. The van der Waals surface area contributed by atoms with E-state index in [1.165, 1.54) is 20.3 Å². The summed E-state index contributed by atoms with van der Waals surface area (Å²) in [4.78, 5) is 40.3. The van der Waals surface area contributed by atoms with Gasteiger partial charge in [-0.05, 0) is 50.9 Å². The van der Waals surface area contributed by atoms with E-state index in [1.54, 1.807) is 54.4 Å². The zero-order valence-corrected chi connectivity index (χ0v) is 17.2. The van der Waals surface area contributed by atoms with Gasteiger partial charge < -0.3 is 24.6 Å². The molecule has 0 bridgehead atoms. The maximum atomic E-state index is 12.6. The third-order valence-electron chi connectivity index (χ3n) is 4.10. The molecule has 0 spiro atoms. The van der Waals surface area contributed by atoms with Crippen molar-refractivity contribution >= 4 is 29.2 Å². The molecule has 8 nitrogen and oxygen atoms in total. The number of nitrogens with one attached hydrogen (secondary N) is 1. The minimum Gasteiger partial charge on any atom is -0.465 e. The van der Waals surface area contributed by atoms with E-state index in [0.717, 1.165) is 5.56 Å². The van der Waals surface area contributed by atoms with Crippen molar-refractivity contribution in [3.05, 3.63) is 59.5 Å². The number of nitrogens with zero attached hydrogens (tertiary/aromatic N) is 2. The Morgan fingerprint density at radius 1 is 1.07 bits per heavy atom. The molecule has 1 aromatic rings. The topological polar surface area (TPSA) is 88.2 Å². The Morgan fingerprint density at radius 3 is 2.38 bits per heavy atom. The van der Waals surface area contributed by atoms with Gasteiger partial charge in [0, 0.05) is 11.9 Å². The summed E-state index contributed by atoms with van der Waals surface area (Å²) in [7, 11) is 6.09. The van der Waals surface area contributed by atoms with Crippen molar-refractivity contribution in [2.75, 3.05) is 45.1 Å². The van der Waals surface area contributed by atoms with Crippen molar-refractivity contribution in [2.24, 2.45) is 0 Å². The highest BCUT2D eigenvalue weighted by Gasteiger charge is 2.28. The molecule has 2 rings (SSSR count). The lowest BCUT2D eigenvalue weighted by atomic mass is 10.1. The first-order chi connectivity index (χ1) is 13.8. The number of rotatable bonds is 6. The van der Waals surface area contributed by atoms with E-state index in [2.05, 4.69) is 5.32 Å². The Labute approximate surface area is 170 Å². The van der Waals surface area contributed by atoms with Crippen molar-refractivity contribution in [3.8, 4) is 0 Å². The summed E-state index contributed by atoms with van der Waals surface area (Å²) < 4.78 is 9.74. The highest BCUT2D eigenvalue weighted by molar-refractivity contribution is 6.05. The van der Waals surface area contributed by atoms with Crippen molar-refractivity contribution in [2.45, 2.75) is 6.92 Å². The minimum absolute atomic E-state index is 0.0178. The van der Waals surface area contributed by atoms with E-state index in [0.29, 0.717) is 11.4 Å². The van der Waals surface area contributed by atoms with Crippen molar-refractivity contribution in [1.29, 1.82) is 0 Å². The van der Waals surface area contributed by atoms with Gasteiger partial charge in [0.1, 0.15) is 5.70 Å². The molecule has 0 saturated carbocycles. The molecule has 0 aromatic heterocycles. The maximum absolute atomic E-state index is 12.6. The number of carbonyl (C=O) groups is 3. The molecule has 0 aliphatic carbocycles. The van der Waals surface area contributed by atoms with Gasteiger partial charge in [-0.25, -0.2) is 9.59 Å². The van der Waals surface area contributed by atoms with Crippen molar-refractivity contribution < 1.29 is 23.9 Å². The van der Waals surface area contributed by atoms with E-state index >= 15 is 0 Å². The van der Waals surface area contributed by atoms with Crippen LogP contribution >= 0.6 is 0 Å². The second kappa shape index (κ2) is 9.70. The first-order valence-corrected chi connectivity index (χ1v) is 8.88. The molecule has 1 aliphatic heterocycles. The Kier molecular flexibility index (Phi) is 7.33. The van der Waals surface area contributed by atoms with Crippen molar-refractivity contribution in [1.82, 2.24) is 4.90 Å². The third kappa shape index (κ3) is 5.32. The SMILES string of the molecule is COC(=O)C1=C(C(=O)OC)N(c2cc(NC(=O)CN(C)C)ccc2C)C=CC=C1. The van der Waals surface area contributed by atoms with Crippen LogP contribution in [-0.4, -0.2) is 57.6 Å². The first-order valence-electron chi connectivity index (χ1n) is 8.88. The number of carbonyl (C=O) groups excluding carboxylic acids is 3. The molecule has 0 radical (unpaired) electrons. The van der Waals surface area contributed by atoms with Gasteiger partial charge >= 0.3 is 11.9 Å². The van der Waals surface area contributed by atoms with E-state index < -0.39 is 11.9 Å². The second-order valence-corrected chi connectivity index (χ2v) is 6.60. The number of anilines is 2. The fourth-order valence-electron chi connectivity index (χ4n) is 2.79. The molecule has 1 amide bonds. The molecule has 29 heavy (non-hydrogen) atoms. The molecular weight excluding hydrogens is 374 g/mol. The normalized spacial score (nSPS) is 13.4. The van der Waals surface area contributed by atoms with Crippen LogP contribution in [0.25, 0.3) is 0 Å². The van der Waals surface area contributed by atoms with E-state index in [-0.39, 0.29) is 23.7 Å². The second-order valence-electron chi connectivity index (χ2n) is 6.60. The number of esters is 2. The zero-order valence-electron chi connectivity index (χ0n) is 17.2. The molecule has 1 N–H and O–H groups in total. The van der Waals surface area contributed by atoms with Crippen LogP contribution in [0, 0.1) is 6.92 Å². The van der Waals surface area contributed by atoms with Crippen LogP contribution in [0.5, 0.6) is 0 Å². The van der Waals surface area contributed by atoms with E-state index in [1.807, 2.05) is 13.0 Å². The first kappa shape index (κ1) is 21.9. The summed E-state index contributed by atoms with van der Waals surface area (Å²) in [6.45, 7) is 2.09. The smallest absolute Gasteiger partial charge is 0.355 e. The van der Waals surface area contributed by atoms with Gasteiger partial charge in [-0.3, -0.25) is 4.79 Å². The monoisotopic (exact) mass is 399 g/mol. The number of methoxy groups -OCH3 is 2. The van der Waals surface area contributed by atoms with Gasteiger partial charge in [-0.15, -0.1) is 0 Å². The summed E-state index contributed by atoms with van der Waals surface area (Å²) in [5.41, 5.74) is 2.07. The number of likely N-dealkylation sites (N-methyl/N-ethyl adjacent to an activating group) is 1. The third-order valence-corrected chi connectivity index (χ3v) is 4.10. The van der Waals surface area contributed by atoms with E-state index in [4.69, 9.17) is 9.47 Å². The molecule has 1 aliphatic rings. The largest absolute Gasteiger partial charge is 0.465 e. The molecule has 0 atom stereocenters. The summed E-state index contributed by atoms with van der Waals surface area (Å²) in [6.07, 6.45) is 6.46. The average Bonchev–Trinajstić information content (AvgIpc) is 2.90. The zero-order chi connectivity index (χ0) is 21.6. The maximum Gasteiger partial charge on any atom is 0.355 e. The predicted molar refractivity (Wildman–Crippen MR) is 110 cm³/mol.